The summed E-state index contributed by atoms with van der Waals surface area (Å²) >= 11 is 0. The topological polar surface area (TPSA) is 64.1 Å². The van der Waals surface area contributed by atoms with Gasteiger partial charge in [-0.3, -0.25) is 14.3 Å². The summed E-state index contributed by atoms with van der Waals surface area (Å²) in [5.41, 5.74) is -0.196. The summed E-state index contributed by atoms with van der Waals surface area (Å²) in [6.07, 6.45) is 1.69. The number of rotatable bonds is 4. The number of hydrogen-bond donors (Lipinski definition) is 1. The van der Waals surface area contributed by atoms with E-state index in [0.29, 0.717) is 18.7 Å². The molecule has 0 saturated heterocycles. The lowest BCUT2D eigenvalue weighted by Gasteiger charge is -2.09. The minimum absolute atomic E-state index is 0.143. The van der Waals surface area contributed by atoms with Crippen molar-refractivity contribution in [3.05, 3.63) is 32.6 Å². The van der Waals surface area contributed by atoms with Gasteiger partial charge in [-0.05, 0) is 20.8 Å². The van der Waals surface area contributed by atoms with E-state index in [4.69, 9.17) is 4.74 Å². The largest absolute Gasteiger partial charge is 0.377 e. The quantitative estimate of drug-likeness (QED) is 0.779. The smallest absolute Gasteiger partial charge is 0.328 e. The number of aromatic amines is 1. The van der Waals surface area contributed by atoms with Gasteiger partial charge in [0, 0.05) is 11.8 Å². The van der Waals surface area contributed by atoms with Crippen molar-refractivity contribution in [2.45, 2.75) is 33.4 Å². The van der Waals surface area contributed by atoms with E-state index in [1.54, 1.807) is 13.1 Å². The Balaban J connectivity index is 2.74. The minimum Gasteiger partial charge on any atom is -0.377 e. The van der Waals surface area contributed by atoms with E-state index in [9.17, 15) is 9.59 Å². The molecular formula is C10H16N2O3. The molecule has 1 N–H and O–H groups in total. The maximum Gasteiger partial charge on any atom is 0.328 e. The van der Waals surface area contributed by atoms with Crippen LogP contribution in [0.4, 0.5) is 0 Å². The molecule has 0 amide bonds. The Labute approximate surface area is 87.7 Å². The molecule has 15 heavy (non-hydrogen) atoms. The fraction of sp³-hybridized carbons (Fsp3) is 0.600. The maximum atomic E-state index is 11.3. The van der Waals surface area contributed by atoms with Crippen molar-refractivity contribution in [3.8, 4) is 0 Å². The predicted octanol–water partition coefficient (Wildman–Crippen LogP) is 0.270. The van der Waals surface area contributed by atoms with E-state index in [-0.39, 0.29) is 11.7 Å². The van der Waals surface area contributed by atoms with Gasteiger partial charge in [0.1, 0.15) is 0 Å². The normalized spacial score (nSPS) is 10.9. The number of H-pyrrole nitrogens is 1. The van der Waals surface area contributed by atoms with Crippen molar-refractivity contribution in [1.82, 2.24) is 9.55 Å². The van der Waals surface area contributed by atoms with Crippen LogP contribution in [0.15, 0.2) is 15.8 Å². The lowest BCUT2D eigenvalue weighted by molar-refractivity contribution is 0.0720. The molecule has 0 unspecified atom stereocenters. The summed E-state index contributed by atoms with van der Waals surface area (Å²) in [6.45, 7) is 6.44. The van der Waals surface area contributed by atoms with Crippen LogP contribution >= 0.6 is 0 Å². The van der Waals surface area contributed by atoms with Gasteiger partial charge >= 0.3 is 5.69 Å². The first kappa shape index (κ1) is 11.7. The van der Waals surface area contributed by atoms with Crippen LogP contribution in [0.5, 0.6) is 0 Å². The molecule has 0 aliphatic heterocycles. The van der Waals surface area contributed by atoms with Crippen LogP contribution < -0.4 is 11.2 Å². The van der Waals surface area contributed by atoms with Crippen LogP contribution in [0.2, 0.25) is 0 Å². The Hall–Kier alpha value is -1.36. The molecule has 0 radical (unpaired) electrons. The monoisotopic (exact) mass is 212 g/mol. The van der Waals surface area contributed by atoms with Crippen molar-refractivity contribution in [2.75, 3.05) is 6.61 Å². The van der Waals surface area contributed by atoms with Crippen LogP contribution in [0.25, 0.3) is 0 Å². The van der Waals surface area contributed by atoms with Crippen molar-refractivity contribution in [2.24, 2.45) is 0 Å². The number of aromatic nitrogens is 2. The zero-order valence-corrected chi connectivity index (χ0v) is 9.24. The molecule has 0 saturated carbocycles. The van der Waals surface area contributed by atoms with E-state index >= 15 is 0 Å². The summed E-state index contributed by atoms with van der Waals surface area (Å²) < 4.78 is 6.76. The highest BCUT2D eigenvalue weighted by atomic mass is 16.5. The average Bonchev–Trinajstić information content (AvgIpc) is 2.13. The summed E-state index contributed by atoms with van der Waals surface area (Å²) in [6, 6.07) is 0. The van der Waals surface area contributed by atoms with Crippen molar-refractivity contribution < 1.29 is 4.74 Å². The van der Waals surface area contributed by atoms with Crippen LogP contribution in [-0.4, -0.2) is 22.3 Å². The van der Waals surface area contributed by atoms with E-state index in [2.05, 4.69) is 4.98 Å². The third-order valence-electron chi connectivity index (χ3n) is 1.97. The molecule has 1 rings (SSSR count). The molecule has 5 nitrogen and oxygen atoms in total. The molecule has 84 valence electrons. The number of hydrogen-bond acceptors (Lipinski definition) is 3. The first-order chi connectivity index (χ1) is 7.00. The Morgan fingerprint density at radius 1 is 1.47 bits per heavy atom. The average molecular weight is 212 g/mol. The molecule has 0 bridgehead atoms. The molecule has 0 aromatic carbocycles. The van der Waals surface area contributed by atoms with Crippen molar-refractivity contribution in [1.29, 1.82) is 0 Å². The minimum atomic E-state index is -0.391. The summed E-state index contributed by atoms with van der Waals surface area (Å²) in [5, 5.41) is 0. The highest BCUT2D eigenvalue weighted by Crippen LogP contribution is 1.89. The fourth-order valence-electron chi connectivity index (χ4n) is 1.17. The summed E-state index contributed by atoms with van der Waals surface area (Å²) in [7, 11) is 0. The Morgan fingerprint density at radius 2 is 2.13 bits per heavy atom. The SMILES string of the molecule is Cc1cn(CCOC(C)C)c(=O)[nH]c1=O. The Bertz CT molecular complexity index is 431. The van der Waals surface area contributed by atoms with Gasteiger partial charge in [0.2, 0.25) is 0 Å². The summed E-state index contributed by atoms with van der Waals surface area (Å²) in [4.78, 5) is 24.6. The van der Waals surface area contributed by atoms with Gasteiger partial charge in [0.05, 0.1) is 19.3 Å². The molecule has 1 heterocycles. The van der Waals surface area contributed by atoms with Crippen LogP contribution in [0, 0.1) is 6.92 Å². The third-order valence-corrected chi connectivity index (χ3v) is 1.97. The van der Waals surface area contributed by atoms with Gasteiger partial charge in [-0.25, -0.2) is 4.79 Å². The van der Waals surface area contributed by atoms with Crippen LogP contribution in [-0.2, 0) is 11.3 Å². The molecule has 0 spiro atoms. The van der Waals surface area contributed by atoms with Gasteiger partial charge in [-0.2, -0.15) is 0 Å². The molecule has 0 atom stereocenters. The summed E-state index contributed by atoms with van der Waals surface area (Å²) in [5.74, 6) is 0. The van der Waals surface area contributed by atoms with Crippen molar-refractivity contribution >= 4 is 0 Å². The van der Waals surface area contributed by atoms with Crippen LogP contribution in [0.1, 0.15) is 19.4 Å². The first-order valence-corrected chi connectivity index (χ1v) is 4.92. The molecule has 0 aliphatic carbocycles. The first-order valence-electron chi connectivity index (χ1n) is 4.92. The predicted molar refractivity (Wildman–Crippen MR) is 57.1 cm³/mol. The van der Waals surface area contributed by atoms with Crippen molar-refractivity contribution in [3.63, 3.8) is 0 Å². The second-order valence-electron chi connectivity index (χ2n) is 3.68. The number of nitrogens with one attached hydrogen (secondary N) is 1. The van der Waals surface area contributed by atoms with Gasteiger partial charge in [0.25, 0.3) is 5.56 Å². The van der Waals surface area contributed by atoms with Gasteiger partial charge in [-0.1, -0.05) is 0 Å². The third kappa shape index (κ3) is 3.36. The standard InChI is InChI=1S/C10H16N2O3/c1-7(2)15-5-4-12-6-8(3)9(13)11-10(12)14/h6-7H,4-5H2,1-3H3,(H,11,13,14). The van der Waals surface area contributed by atoms with E-state index in [0.717, 1.165) is 0 Å². The van der Waals surface area contributed by atoms with E-state index in [1.807, 2.05) is 13.8 Å². The zero-order valence-electron chi connectivity index (χ0n) is 9.24. The van der Waals surface area contributed by atoms with Gasteiger partial charge < -0.3 is 4.74 Å². The lowest BCUT2D eigenvalue weighted by Crippen LogP contribution is -2.32. The molecule has 1 aromatic heterocycles. The zero-order chi connectivity index (χ0) is 11.4. The number of nitrogens with zero attached hydrogens (tertiary/aromatic N) is 1. The molecular weight excluding hydrogens is 196 g/mol. The highest BCUT2D eigenvalue weighted by Gasteiger charge is 2.00. The molecule has 0 fully saturated rings. The lowest BCUT2D eigenvalue weighted by atomic mass is 10.4. The van der Waals surface area contributed by atoms with E-state index in [1.165, 1.54) is 4.57 Å². The number of aryl methyl sites for hydroxylation is 1. The second-order valence-corrected chi connectivity index (χ2v) is 3.68. The Morgan fingerprint density at radius 3 is 2.73 bits per heavy atom. The van der Waals surface area contributed by atoms with Gasteiger partial charge in [0.15, 0.2) is 0 Å². The second kappa shape index (κ2) is 4.93. The molecule has 1 aromatic rings. The fourth-order valence-corrected chi connectivity index (χ4v) is 1.17. The molecule has 5 heteroatoms. The Kier molecular flexibility index (Phi) is 3.85. The number of ether oxygens (including phenoxy) is 1. The van der Waals surface area contributed by atoms with E-state index < -0.39 is 5.69 Å². The highest BCUT2D eigenvalue weighted by molar-refractivity contribution is 5.00. The van der Waals surface area contributed by atoms with Gasteiger partial charge in [-0.15, -0.1) is 0 Å². The maximum absolute atomic E-state index is 11.3. The van der Waals surface area contributed by atoms with Crippen LogP contribution in [0.3, 0.4) is 0 Å². The molecule has 0 aliphatic rings.